The Bertz CT molecular complexity index is 1380. The van der Waals surface area contributed by atoms with Crippen molar-refractivity contribution in [2.75, 3.05) is 14.2 Å². The van der Waals surface area contributed by atoms with Crippen LogP contribution in [-0.4, -0.2) is 82.3 Å². The summed E-state index contributed by atoms with van der Waals surface area (Å²) < 4.78 is 21.8. The number of carbonyl (C=O) groups is 3. The van der Waals surface area contributed by atoms with E-state index in [1.165, 1.54) is 25.3 Å². The van der Waals surface area contributed by atoms with Crippen molar-refractivity contribution in [3.8, 4) is 17.2 Å². The summed E-state index contributed by atoms with van der Waals surface area (Å²) in [6.07, 6.45) is -4.95. The fraction of sp³-hybridized carbons (Fsp3) is 0.444. The number of rotatable bonds is 4. The highest BCUT2D eigenvalue weighted by Crippen LogP contribution is 2.52. The lowest BCUT2D eigenvalue weighted by atomic mass is 9.73. The third kappa shape index (κ3) is 4.07. The van der Waals surface area contributed by atoms with Crippen LogP contribution >= 0.6 is 0 Å². The summed E-state index contributed by atoms with van der Waals surface area (Å²) in [5, 5.41) is 44.3. The highest BCUT2D eigenvalue weighted by Gasteiger charge is 2.51. The van der Waals surface area contributed by atoms with Crippen LogP contribution in [0.1, 0.15) is 68.8 Å². The van der Waals surface area contributed by atoms with Gasteiger partial charge in [0.1, 0.15) is 17.2 Å². The number of fused-ring (bicyclic) bond motifs is 3. The maximum absolute atomic E-state index is 13.7. The number of hydrogen-bond donors (Lipinski definition) is 5. The zero-order valence-electron chi connectivity index (χ0n) is 21.5. The van der Waals surface area contributed by atoms with Gasteiger partial charge in [0.15, 0.2) is 17.7 Å². The Balaban J connectivity index is 1.69. The number of phenolic OH excluding ortho intramolecular Hbond substituents is 2. The average molecular weight is 544 g/mol. The average Bonchev–Trinajstić information content (AvgIpc) is 2.90. The molecule has 12 nitrogen and oxygen atoms in total. The molecule has 6 N–H and O–H groups in total. The van der Waals surface area contributed by atoms with Crippen molar-refractivity contribution in [3.05, 3.63) is 51.6 Å². The molecule has 0 spiro atoms. The minimum Gasteiger partial charge on any atom is -0.507 e. The fourth-order valence-electron chi connectivity index (χ4n) is 5.74. The number of ketones is 2. The summed E-state index contributed by atoms with van der Waals surface area (Å²) in [4.78, 5) is 39.8. The van der Waals surface area contributed by atoms with E-state index >= 15 is 0 Å². The quantitative estimate of drug-likeness (QED) is 0.228. The second kappa shape index (κ2) is 9.57. The van der Waals surface area contributed by atoms with Gasteiger partial charge < -0.3 is 45.1 Å². The maximum atomic E-state index is 13.7. The van der Waals surface area contributed by atoms with E-state index in [2.05, 4.69) is 0 Å². The van der Waals surface area contributed by atoms with E-state index in [9.17, 15) is 34.8 Å². The maximum Gasteiger partial charge on any atom is 0.338 e. The summed E-state index contributed by atoms with van der Waals surface area (Å²) in [7, 11) is 2.41. The Morgan fingerprint density at radius 3 is 2.44 bits per heavy atom. The first-order chi connectivity index (χ1) is 18.4. The summed E-state index contributed by atoms with van der Waals surface area (Å²) in [5.74, 6) is -3.74. The van der Waals surface area contributed by atoms with Crippen molar-refractivity contribution in [1.29, 1.82) is 0 Å². The van der Waals surface area contributed by atoms with E-state index in [1.54, 1.807) is 6.92 Å². The molecule has 0 radical (unpaired) electrons. The second-order valence-electron chi connectivity index (χ2n) is 10.1. The van der Waals surface area contributed by atoms with E-state index in [0.717, 1.165) is 7.11 Å². The van der Waals surface area contributed by atoms with E-state index in [-0.39, 0.29) is 34.4 Å². The number of aromatic hydroxyl groups is 2. The molecule has 39 heavy (non-hydrogen) atoms. The van der Waals surface area contributed by atoms with Crippen LogP contribution < -0.4 is 10.5 Å². The van der Waals surface area contributed by atoms with Gasteiger partial charge >= 0.3 is 5.97 Å². The monoisotopic (exact) mass is 543 g/mol. The number of phenols is 2. The number of hydrogen-bond acceptors (Lipinski definition) is 12. The van der Waals surface area contributed by atoms with Crippen molar-refractivity contribution in [2.24, 2.45) is 5.73 Å². The molecule has 208 valence electrons. The summed E-state index contributed by atoms with van der Waals surface area (Å²) in [5.41, 5.74) is 2.54. The molecule has 12 heteroatoms. The third-order valence-corrected chi connectivity index (χ3v) is 7.71. The van der Waals surface area contributed by atoms with E-state index < -0.39 is 89.2 Å². The van der Waals surface area contributed by atoms with Gasteiger partial charge in [0.2, 0.25) is 5.78 Å². The van der Waals surface area contributed by atoms with Gasteiger partial charge in [-0.25, -0.2) is 4.79 Å². The van der Waals surface area contributed by atoms with Gasteiger partial charge in [-0.15, -0.1) is 0 Å². The normalized spacial score (nSPS) is 29.7. The molecule has 0 amide bonds. The molecular formula is C27H29NO11. The van der Waals surface area contributed by atoms with Crippen LogP contribution in [0.3, 0.4) is 0 Å². The molecule has 0 bridgehead atoms. The van der Waals surface area contributed by atoms with Crippen molar-refractivity contribution >= 4 is 17.5 Å². The number of ether oxygens (including phenoxy) is 4. The Morgan fingerprint density at radius 1 is 1.10 bits per heavy atom. The molecular weight excluding hydrogens is 514 g/mol. The Labute approximate surface area is 222 Å². The molecule has 0 aromatic heterocycles. The lowest BCUT2D eigenvalue weighted by Crippen LogP contribution is -2.52. The molecule has 2 aromatic rings. The highest BCUT2D eigenvalue weighted by molar-refractivity contribution is 6.31. The lowest BCUT2D eigenvalue weighted by molar-refractivity contribution is -0.248. The van der Waals surface area contributed by atoms with Gasteiger partial charge in [0.05, 0.1) is 49.2 Å². The molecule has 0 saturated carbocycles. The first kappa shape index (κ1) is 27.0. The molecule has 1 unspecified atom stereocenters. The van der Waals surface area contributed by atoms with Crippen LogP contribution in [-0.2, 0) is 25.4 Å². The Hall–Kier alpha value is -3.55. The molecule has 2 aromatic carbocycles. The van der Waals surface area contributed by atoms with Crippen LogP contribution in [0, 0.1) is 0 Å². The predicted molar refractivity (Wildman–Crippen MR) is 132 cm³/mol. The van der Waals surface area contributed by atoms with E-state index in [1.807, 2.05) is 0 Å². The summed E-state index contributed by atoms with van der Waals surface area (Å²) in [6.45, 7) is 1.59. The number of methoxy groups -OCH3 is 2. The standard InChI is InChI=1S/C27H29NO11/c1-10-21(29)13(28)7-16(38-10)39-15-9-27(35,26(34)37-3)8-12-18(15)25(33)20-19(23(12)31)22(30)11-5-4-6-14(36-2)17(11)24(20)32/h4-6,10,13,15-16,21,29,31,33,35H,7-9,28H2,1-3H3/t10-,13-,15-,16-,21+,27?/m0/s1. The largest absolute Gasteiger partial charge is 0.507 e. The van der Waals surface area contributed by atoms with Gasteiger partial charge in [-0.3, -0.25) is 9.59 Å². The molecule has 1 heterocycles. The number of carbonyl (C=O) groups excluding carboxylic acids is 3. The third-order valence-electron chi connectivity index (χ3n) is 7.71. The van der Waals surface area contributed by atoms with Gasteiger partial charge in [0.25, 0.3) is 0 Å². The first-order valence-electron chi connectivity index (χ1n) is 12.4. The minimum absolute atomic E-state index is 0.0354. The van der Waals surface area contributed by atoms with Crippen LogP contribution in [0.2, 0.25) is 0 Å². The number of esters is 1. The van der Waals surface area contributed by atoms with Gasteiger partial charge in [-0.05, 0) is 13.0 Å². The van der Waals surface area contributed by atoms with Crippen molar-refractivity contribution < 1.29 is 53.8 Å². The molecule has 1 aliphatic heterocycles. The lowest BCUT2D eigenvalue weighted by Gasteiger charge is -2.41. The molecule has 1 fully saturated rings. The second-order valence-corrected chi connectivity index (χ2v) is 10.1. The van der Waals surface area contributed by atoms with Crippen molar-refractivity contribution in [1.82, 2.24) is 0 Å². The minimum atomic E-state index is -2.21. The fourth-order valence-corrected chi connectivity index (χ4v) is 5.74. The van der Waals surface area contributed by atoms with Crippen LogP contribution in [0.25, 0.3) is 0 Å². The highest BCUT2D eigenvalue weighted by atomic mass is 16.7. The zero-order chi connectivity index (χ0) is 28.4. The SMILES string of the molecule is COC(=O)C1(O)Cc2c(O)c3c(c(O)c2[C@@H](O[C@H]2C[C@H](N)[C@H](O)[C@H](C)O2)C1)C(=O)c1c(OC)cccc1C3=O. The van der Waals surface area contributed by atoms with Crippen LogP contribution in [0.5, 0.6) is 17.2 Å². The smallest absolute Gasteiger partial charge is 0.338 e. The Kier molecular flexibility index (Phi) is 6.64. The summed E-state index contributed by atoms with van der Waals surface area (Å²) >= 11 is 0. The molecule has 2 aliphatic carbocycles. The summed E-state index contributed by atoms with van der Waals surface area (Å²) in [6, 6.07) is 3.68. The van der Waals surface area contributed by atoms with E-state index in [4.69, 9.17) is 24.7 Å². The topological polar surface area (TPSA) is 195 Å². The number of nitrogens with two attached hydrogens (primary N) is 1. The van der Waals surface area contributed by atoms with Crippen LogP contribution in [0.4, 0.5) is 0 Å². The van der Waals surface area contributed by atoms with Gasteiger partial charge in [-0.1, -0.05) is 12.1 Å². The van der Waals surface area contributed by atoms with Crippen LogP contribution in [0.15, 0.2) is 18.2 Å². The molecule has 5 rings (SSSR count). The number of aliphatic hydroxyl groups excluding tert-OH is 1. The number of benzene rings is 2. The number of aliphatic hydroxyl groups is 2. The molecule has 3 aliphatic rings. The predicted octanol–water partition coefficient (Wildman–Crippen LogP) is 0.613. The Morgan fingerprint density at radius 2 is 1.79 bits per heavy atom. The van der Waals surface area contributed by atoms with Crippen molar-refractivity contribution in [3.63, 3.8) is 0 Å². The zero-order valence-corrected chi connectivity index (χ0v) is 21.5. The van der Waals surface area contributed by atoms with Crippen molar-refractivity contribution in [2.45, 2.75) is 62.4 Å². The molecule has 6 atom stereocenters. The van der Waals surface area contributed by atoms with Gasteiger partial charge in [0, 0.05) is 42.0 Å². The van der Waals surface area contributed by atoms with E-state index in [0.29, 0.717) is 0 Å². The van der Waals surface area contributed by atoms with Gasteiger partial charge in [-0.2, -0.15) is 0 Å². The first-order valence-corrected chi connectivity index (χ1v) is 12.4. The molecule has 1 saturated heterocycles.